The molecular formula is C15H22N2O3S. The Morgan fingerprint density at radius 2 is 2.05 bits per heavy atom. The molecule has 0 spiro atoms. The second-order valence-electron chi connectivity index (χ2n) is 5.45. The first-order valence-electron chi connectivity index (χ1n) is 7.40. The summed E-state index contributed by atoms with van der Waals surface area (Å²) in [4.78, 5) is 23.9. The highest BCUT2D eigenvalue weighted by molar-refractivity contribution is 7.09. The van der Waals surface area contributed by atoms with Gasteiger partial charge in [0.2, 0.25) is 5.91 Å². The molecule has 0 radical (unpaired) electrons. The lowest BCUT2D eigenvalue weighted by atomic mass is 9.86. The molecule has 0 bridgehead atoms. The van der Waals surface area contributed by atoms with Crippen molar-refractivity contribution in [3.8, 4) is 0 Å². The van der Waals surface area contributed by atoms with E-state index < -0.39 is 5.97 Å². The molecule has 21 heavy (non-hydrogen) atoms. The van der Waals surface area contributed by atoms with Gasteiger partial charge in [0, 0.05) is 17.5 Å². The third-order valence-corrected chi connectivity index (χ3v) is 4.84. The average molecular weight is 310 g/mol. The number of aliphatic carboxylic acids is 1. The Hall–Kier alpha value is -1.40. The third-order valence-electron chi connectivity index (χ3n) is 3.90. The van der Waals surface area contributed by atoms with Crippen molar-refractivity contribution in [2.24, 2.45) is 5.92 Å². The number of carboxylic acid groups (broad SMARTS) is 1. The molecule has 5 nitrogen and oxygen atoms in total. The minimum absolute atomic E-state index is 0.00640. The van der Waals surface area contributed by atoms with Crippen molar-refractivity contribution in [2.75, 3.05) is 13.1 Å². The molecule has 2 rings (SSSR count). The van der Waals surface area contributed by atoms with Crippen LogP contribution >= 0.6 is 11.3 Å². The van der Waals surface area contributed by atoms with E-state index in [1.165, 1.54) is 4.88 Å². The summed E-state index contributed by atoms with van der Waals surface area (Å²) in [5.74, 6) is -0.894. The predicted molar refractivity (Wildman–Crippen MR) is 82.4 cm³/mol. The highest BCUT2D eigenvalue weighted by atomic mass is 32.1. The molecule has 1 aliphatic rings. The van der Waals surface area contributed by atoms with Gasteiger partial charge < -0.3 is 15.7 Å². The molecule has 3 N–H and O–H groups in total. The maximum Gasteiger partial charge on any atom is 0.306 e. The first kappa shape index (κ1) is 16.0. The minimum atomic E-state index is -0.695. The molecule has 1 aliphatic carbocycles. The normalized spacial score (nSPS) is 21.9. The predicted octanol–water partition coefficient (Wildman–Crippen LogP) is 1.64. The number of carbonyl (C=O) groups is 2. The first-order chi connectivity index (χ1) is 10.1. The van der Waals surface area contributed by atoms with Crippen LogP contribution in [0.4, 0.5) is 0 Å². The van der Waals surface area contributed by atoms with Gasteiger partial charge in [-0.15, -0.1) is 11.3 Å². The van der Waals surface area contributed by atoms with Crippen molar-refractivity contribution in [3.63, 3.8) is 0 Å². The highest BCUT2D eigenvalue weighted by Gasteiger charge is 2.25. The van der Waals surface area contributed by atoms with Crippen LogP contribution in [0.1, 0.15) is 30.6 Å². The summed E-state index contributed by atoms with van der Waals surface area (Å²) in [6, 6.07) is 4.34. The van der Waals surface area contributed by atoms with Crippen molar-refractivity contribution >= 4 is 23.2 Å². The van der Waals surface area contributed by atoms with E-state index in [1.54, 1.807) is 11.3 Å². The monoisotopic (exact) mass is 310 g/mol. The SMILES string of the molecule is O=C(CNC1CCC(C(=O)O)CC1)NCCc1cccs1. The summed E-state index contributed by atoms with van der Waals surface area (Å²) in [5.41, 5.74) is 0. The Balaban J connectivity index is 1.56. The summed E-state index contributed by atoms with van der Waals surface area (Å²) in [5, 5.41) is 17.1. The molecule has 1 aromatic heterocycles. The van der Waals surface area contributed by atoms with E-state index in [-0.39, 0.29) is 17.9 Å². The number of carboxylic acids is 1. The highest BCUT2D eigenvalue weighted by Crippen LogP contribution is 2.24. The van der Waals surface area contributed by atoms with Crippen molar-refractivity contribution in [2.45, 2.75) is 38.1 Å². The van der Waals surface area contributed by atoms with Gasteiger partial charge in [0.15, 0.2) is 0 Å². The van der Waals surface area contributed by atoms with Gasteiger partial charge in [0.1, 0.15) is 0 Å². The summed E-state index contributed by atoms with van der Waals surface area (Å²) in [6.07, 6.45) is 3.94. The van der Waals surface area contributed by atoms with Crippen LogP contribution in [0.3, 0.4) is 0 Å². The molecule has 0 aromatic carbocycles. The standard InChI is InChI=1S/C15H22N2O3S/c18-14(16-8-7-13-2-1-9-21-13)10-17-12-5-3-11(4-6-12)15(19)20/h1-2,9,11-12,17H,3-8,10H2,(H,16,18)(H,19,20). The lowest BCUT2D eigenvalue weighted by Crippen LogP contribution is -2.41. The van der Waals surface area contributed by atoms with Crippen molar-refractivity contribution in [1.29, 1.82) is 0 Å². The fraction of sp³-hybridized carbons (Fsp3) is 0.600. The van der Waals surface area contributed by atoms with Crippen molar-refractivity contribution in [1.82, 2.24) is 10.6 Å². The van der Waals surface area contributed by atoms with E-state index in [0.29, 0.717) is 25.9 Å². The Morgan fingerprint density at radius 1 is 1.29 bits per heavy atom. The van der Waals surface area contributed by atoms with E-state index in [2.05, 4.69) is 16.7 Å². The van der Waals surface area contributed by atoms with Gasteiger partial charge in [0.05, 0.1) is 12.5 Å². The van der Waals surface area contributed by atoms with E-state index in [1.807, 2.05) is 11.4 Å². The molecule has 1 saturated carbocycles. The molecule has 0 atom stereocenters. The molecule has 1 amide bonds. The van der Waals surface area contributed by atoms with Crippen LogP contribution in [-0.2, 0) is 16.0 Å². The number of rotatable bonds is 7. The first-order valence-corrected chi connectivity index (χ1v) is 8.28. The topological polar surface area (TPSA) is 78.4 Å². The zero-order chi connectivity index (χ0) is 15.1. The number of amides is 1. The number of nitrogens with one attached hydrogen (secondary N) is 2. The Bertz CT molecular complexity index is 453. The van der Waals surface area contributed by atoms with Crippen molar-refractivity contribution in [3.05, 3.63) is 22.4 Å². The molecular weight excluding hydrogens is 288 g/mol. The lowest BCUT2D eigenvalue weighted by molar-refractivity contribution is -0.143. The maximum absolute atomic E-state index is 11.7. The number of hydrogen-bond acceptors (Lipinski definition) is 4. The molecule has 1 aromatic rings. The maximum atomic E-state index is 11.7. The van der Waals surface area contributed by atoms with Gasteiger partial charge in [-0.1, -0.05) is 6.07 Å². The Labute approximate surface area is 128 Å². The number of thiophene rings is 1. The molecule has 0 aliphatic heterocycles. The molecule has 0 saturated heterocycles. The van der Waals surface area contributed by atoms with Gasteiger partial charge in [-0.3, -0.25) is 9.59 Å². The molecule has 116 valence electrons. The zero-order valence-corrected chi connectivity index (χ0v) is 12.8. The van der Waals surface area contributed by atoms with Crippen LogP contribution in [0.2, 0.25) is 0 Å². The summed E-state index contributed by atoms with van der Waals surface area (Å²) < 4.78 is 0. The molecule has 1 fully saturated rings. The third kappa shape index (κ3) is 5.47. The van der Waals surface area contributed by atoms with E-state index >= 15 is 0 Å². The van der Waals surface area contributed by atoms with Gasteiger partial charge >= 0.3 is 5.97 Å². The van der Waals surface area contributed by atoms with Gasteiger partial charge in [-0.25, -0.2) is 0 Å². The Morgan fingerprint density at radius 3 is 2.67 bits per heavy atom. The van der Waals surface area contributed by atoms with Crippen LogP contribution in [0.5, 0.6) is 0 Å². The van der Waals surface area contributed by atoms with Crippen molar-refractivity contribution < 1.29 is 14.7 Å². The van der Waals surface area contributed by atoms with Crippen LogP contribution in [0, 0.1) is 5.92 Å². The van der Waals surface area contributed by atoms with Crippen LogP contribution < -0.4 is 10.6 Å². The second kappa shape index (κ2) is 8.14. The second-order valence-corrected chi connectivity index (χ2v) is 6.48. The van der Waals surface area contributed by atoms with Crippen LogP contribution in [0.25, 0.3) is 0 Å². The van der Waals surface area contributed by atoms with Gasteiger partial charge in [-0.2, -0.15) is 0 Å². The van der Waals surface area contributed by atoms with Crippen LogP contribution in [-0.4, -0.2) is 36.1 Å². The van der Waals surface area contributed by atoms with E-state index in [0.717, 1.165) is 19.3 Å². The molecule has 1 heterocycles. The van der Waals surface area contributed by atoms with E-state index in [4.69, 9.17) is 5.11 Å². The fourth-order valence-electron chi connectivity index (χ4n) is 2.62. The summed E-state index contributed by atoms with van der Waals surface area (Å²) in [6.45, 7) is 0.972. The van der Waals surface area contributed by atoms with Crippen LogP contribution in [0.15, 0.2) is 17.5 Å². The summed E-state index contributed by atoms with van der Waals surface area (Å²) >= 11 is 1.70. The Kier molecular flexibility index (Phi) is 6.20. The minimum Gasteiger partial charge on any atom is -0.481 e. The fourth-order valence-corrected chi connectivity index (χ4v) is 3.33. The zero-order valence-electron chi connectivity index (χ0n) is 12.0. The smallest absolute Gasteiger partial charge is 0.306 e. The van der Waals surface area contributed by atoms with E-state index in [9.17, 15) is 9.59 Å². The lowest BCUT2D eigenvalue weighted by Gasteiger charge is -2.26. The largest absolute Gasteiger partial charge is 0.481 e. The molecule has 0 unspecified atom stereocenters. The van der Waals surface area contributed by atoms with Gasteiger partial charge in [0.25, 0.3) is 0 Å². The van der Waals surface area contributed by atoms with Gasteiger partial charge in [-0.05, 0) is 43.6 Å². The summed E-state index contributed by atoms with van der Waals surface area (Å²) in [7, 11) is 0. The average Bonchev–Trinajstić information content (AvgIpc) is 2.99. The molecule has 6 heteroatoms. The number of hydrogen-bond donors (Lipinski definition) is 3. The number of carbonyl (C=O) groups excluding carboxylic acids is 1. The quantitative estimate of drug-likeness (QED) is 0.715.